The maximum atomic E-state index is 12.9. The highest BCUT2D eigenvalue weighted by atomic mass is 16.6. The van der Waals surface area contributed by atoms with Gasteiger partial charge in [-0.05, 0) is 22.3 Å². The fraction of sp³-hybridized carbons (Fsp3) is 0.400. The molecule has 0 saturated carbocycles. The first kappa shape index (κ1) is 23.6. The Bertz CT molecular complexity index is 1110. The number of fused-ring (bicyclic) bond motifs is 3. The molecule has 0 aromatic heterocycles. The van der Waals surface area contributed by atoms with Crippen LogP contribution in [0.2, 0.25) is 0 Å². The smallest absolute Gasteiger partial charge is 0.326 e. The molecule has 1 aliphatic carbocycles. The third-order valence-corrected chi connectivity index (χ3v) is 6.81. The summed E-state index contributed by atoms with van der Waals surface area (Å²) in [4.78, 5) is 38.6. The lowest BCUT2D eigenvalue weighted by molar-refractivity contribution is -0.145. The SMILES string of the molecule is O=C(COC1CN([C@@H]2O[C@H](CO)[C@@H](O)[C@H]2O)C(=O)NC1=O)CC1c2ccccc2-c2ccccc21. The van der Waals surface area contributed by atoms with E-state index in [2.05, 4.69) is 5.32 Å². The minimum absolute atomic E-state index is 0.115. The van der Waals surface area contributed by atoms with Gasteiger partial charge < -0.3 is 24.8 Å². The van der Waals surface area contributed by atoms with Crippen molar-refractivity contribution in [1.82, 2.24) is 10.2 Å². The minimum Gasteiger partial charge on any atom is -0.394 e. The normalized spacial score (nSPS) is 28.1. The van der Waals surface area contributed by atoms with Crippen LogP contribution in [0.3, 0.4) is 0 Å². The molecule has 10 heteroatoms. The summed E-state index contributed by atoms with van der Waals surface area (Å²) >= 11 is 0. The Morgan fingerprint density at radius 3 is 2.26 bits per heavy atom. The number of hydrogen-bond donors (Lipinski definition) is 4. The molecular weight excluding hydrogens is 456 g/mol. The molecule has 184 valence electrons. The van der Waals surface area contributed by atoms with E-state index < -0.39 is 49.2 Å². The summed E-state index contributed by atoms with van der Waals surface area (Å²) in [5.41, 5.74) is 4.33. The molecule has 2 aromatic carbocycles. The Morgan fingerprint density at radius 2 is 1.66 bits per heavy atom. The van der Waals surface area contributed by atoms with E-state index in [0.29, 0.717) is 0 Å². The first-order valence-electron chi connectivity index (χ1n) is 11.4. The molecule has 35 heavy (non-hydrogen) atoms. The number of Topliss-reactive ketones (excluding diaryl/α,β-unsaturated/α-hetero) is 1. The molecule has 1 unspecified atom stereocenters. The van der Waals surface area contributed by atoms with Crippen LogP contribution in [-0.2, 0) is 19.1 Å². The van der Waals surface area contributed by atoms with Gasteiger partial charge in [-0.1, -0.05) is 48.5 Å². The second-order valence-electron chi connectivity index (χ2n) is 8.95. The van der Waals surface area contributed by atoms with E-state index in [1.807, 2.05) is 48.5 Å². The molecule has 2 heterocycles. The predicted octanol–water partition coefficient (Wildman–Crippen LogP) is 0.134. The average molecular weight is 482 g/mol. The number of nitrogens with one attached hydrogen (secondary N) is 1. The third kappa shape index (κ3) is 4.24. The Labute approximate surface area is 201 Å². The highest BCUT2D eigenvalue weighted by Gasteiger charge is 2.49. The molecule has 0 spiro atoms. The molecule has 5 rings (SSSR count). The predicted molar refractivity (Wildman–Crippen MR) is 121 cm³/mol. The van der Waals surface area contributed by atoms with E-state index in [4.69, 9.17) is 9.47 Å². The van der Waals surface area contributed by atoms with Crippen molar-refractivity contribution in [3.63, 3.8) is 0 Å². The van der Waals surface area contributed by atoms with E-state index in [9.17, 15) is 29.7 Å². The lowest BCUT2D eigenvalue weighted by Crippen LogP contribution is -2.62. The second-order valence-corrected chi connectivity index (χ2v) is 8.95. The van der Waals surface area contributed by atoms with E-state index in [-0.39, 0.29) is 31.3 Å². The van der Waals surface area contributed by atoms with Crippen LogP contribution in [0.15, 0.2) is 48.5 Å². The number of carbonyl (C=O) groups is 3. The molecule has 0 radical (unpaired) electrons. The van der Waals surface area contributed by atoms with Crippen LogP contribution in [0.25, 0.3) is 11.1 Å². The van der Waals surface area contributed by atoms with Gasteiger partial charge in [0, 0.05) is 12.3 Å². The van der Waals surface area contributed by atoms with Gasteiger partial charge in [-0.15, -0.1) is 0 Å². The second kappa shape index (κ2) is 9.48. The highest BCUT2D eigenvalue weighted by molar-refractivity contribution is 5.99. The van der Waals surface area contributed by atoms with Crippen molar-refractivity contribution in [1.29, 1.82) is 0 Å². The number of nitrogens with zero attached hydrogens (tertiary/aromatic N) is 1. The summed E-state index contributed by atoms with van der Waals surface area (Å²) in [6.45, 7) is -1.17. The van der Waals surface area contributed by atoms with Gasteiger partial charge in [0.1, 0.15) is 24.9 Å². The van der Waals surface area contributed by atoms with Gasteiger partial charge in [0.25, 0.3) is 5.91 Å². The van der Waals surface area contributed by atoms with Crippen molar-refractivity contribution in [2.75, 3.05) is 19.8 Å². The summed E-state index contributed by atoms with van der Waals surface area (Å²) in [7, 11) is 0. The van der Waals surface area contributed by atoms with E-state index in [1.54, 1.807) is 0 Å². The summed E-state index contributed by atoms with van der Waals surface area (Å²) in [6, 6.07) is 15.1. The Hall–Kier alpha value is -3.15. The van der Waals surface area contributed by atoms with Crippen molar-refractivity contribution in [3.05, 3.63) is 59.7 Å². The van der Waals surface area contributed by atoms with Crippen molar-refractivity contribution >= 4 is 17.7 Å². The summed E-state index contributed by atoms with van der Waals surface area (Å²) in [5.74, 6) is -1.02. The first-order valence-corrected chi connectivity index (χ1v) is 11.4. The van der Waals surface area contributed by atoms with Gasteiger partial charge in [0.15, 0.2) is 18.1 Å². The molecule has 10 nitrogen and oxygen atoms in total. The van der Waals surface area contributed by atoms with Gasteiger partial charge in [-0.2, -0.15) is 0 Å². The summed E-state index contributed by atoms with van der Waals surface area (Å²) in [6.07, 6.45) is -6.19. The zero-order valence-corrected chi connectivity index (χ0v) is 18.7. The lowest BCUT2D eigenvalue weighted by Gasteiger charge is -2.36. The molecule has 0 bridgehead atoms. The van der Waals surface area contributed by atoms with Gasteiger partial charge in [-0.3, -0.25) is 19.8 Å². The Morgan fingerprint density at radius 1 is 1.03 bits per heavy atom. The maximum Gasteiger partial charge on any atom is 0.326 e. The van der Waals surface area contributed by atoms with Gasteiger partial charge >= 0.3 is 6.03 Å². The molecule has 2 fully saturated rings. The number of carbonyl (C=O) groups excluding carboxylic acids is 3. The number of rotatable bonds is 7. The van der Waals surface area contributed by atoms with Crippen LogP contribution >= 0.6 is 0 Å². The van der Waals surface area contributed by atoms with Crippen LogP contribution < -0.4 is 5.32 Å². The van der Waals surface area contributed by atoms with Crippen LogP contribution in [0.4, 0.5) is 4.79 Å². The van der Waals surface area contributed by atoms with Crippen molar-refractivity contribution in [3.8, 4) is 11.1 Å². The molecule has 2 aromatic rings. The van der Waals surface area contributed by atoms with Crippen molar-refractivity contribution < 1.29 is 39.2 Å². The average Bonchev–Trinajstić information content (AvgIpc) is 3.33. The number of benzene rings is 2. The fourth-order valence-corrected chi connectivity index (χ4v) is 5.05. The standard InChI is InChI=1S/C25H26N2O8/c28-11-20-21(30)22(31)24(35-20)27-10-19(23(32)26-25(27)33)34-12-13(29)9-18-16-7-3-1-5-14(16)15-6-2-4-8-17(15)18/h1-8,18-22,24,28,30-31H,9-12H2,(H,26,32,33)/t19?,20-,21-,22-,24-/m1/s1. The molecule has 5 atom stereocenters. The van der Waals surface area contributed by atoms with Gasteiger partial charge in [-0.25, -0.2) is 4.79 Å². The third-order valence-electron chi connectivity index (χ3n) is 6.81. The maximum absolute atomic E-state index is 12.9. The highest BCUT2D eigenvalue weighted by Crippen LogP contribution is 2.46. The van der Waals surface area contributed by atoms with Gasteiger partial charge in [0.05, 0.1) is 13.2 Å². The molecule has 2 aliphatic heterocycles. The van der Waals surface area contributed by atoms with Crippen molar-refractivity contribution in [2.45, 2.75) is 43.0 Å². The molecule has 4 N–H and O–H groups in total. The number of ether oxygens (including phenoxy) is 2. The molecular formula is C25H26N2O8. The number of amides is 3. The summed E-state index contributed by atoms with van der Waals surface area (Å²) in [5, 5.41) is 31.6. The number of ketones is 1. The lowest BCUT2D eigenvalue weighted by atomic mass is 9.92. The number of hydrogen-bond acceptors (Lipinski definition) is 8. The monoisotopic (exact) mass is 482 g/mol. The number of urea groups is 1. The topological polar surface area (TPSA) is 146 Å². The van der Waals surface area contributed by atoms with E-state index >= 15 is 0 Å². The zero-order chi connectivity index (χ0) is 24.7. The summed E-state index contributed by atoms with van der Waals surface area (Å²) < 4.78 is 11.0. The Kier molecular flexibility index (Phi) is 6.39. The van der Waals surface area contributed by atoms with E-state index in [1.165, 1.54) is 0 Å². The van der Waals surface area contributed by atoms with Crippen LogP contribution in [0.5, 0.6) is 0 Å². The number of aliphatic hydroxyl groups is 3. The Balaban J connectivity index is 1.24. The number of imide groups is 1. The first-order chi connectivity index (χ1) is 16.9. The quantitative estimate of drug-likeness (QED) is 0.436. The number of aliphatic hydroxyl groups excluding tert-OH is 3. The molecule has 3 amide bonds. The molecule has 3 aliphatic rings. The molecule has 2 saturated heterocycles. The van der Waals surface area contributed by atoms with Crippen LogP contribution in [0, 0.1) is 0 Å². The minimum atomic E-state index is -1.48. The largest absolute Gasteiger partial charge is 0.394 e. The van der Waals surface area contributed by atoms with Crippen molar-refractivity contribution in [2.24, 2.45) is 0 Å². The van der Waals surface area contributed by atoms with E-state index in [0.717, 1.165) is 27.2 Å². The zero-order valence-electron chi connectivity index (χ0n) is 18.7. The van der Waals surface area contributed by atoms with Gasteiger partial charge in [0.2, 0.25) is 0 Å². The fourth-order valence-electron chi connectivity index (χ4n) is 5.05. The van der Waals surface area contributed by atoms with Crippen LogP contribution in [0.1, 0.15) is 23.5 Å². The van der Waals surface area contributed by atoms with Crippen LogP contribution in [-0.4, -0.2) is 88.3 Å².